The van der Waals surface area contributed by atoms with E-state index in [4.69, 9.17) is 28.0 Å². The second-order valence-electron chi connectivity index (χ2n) is 6.33. The number of oxime groups is 1. The van der Waals surface area contributed by atoms with Crippen molar-refractivity contribution in [1.82, 2.24) is 0 Å². The number of hydrogen-bond acceptors (Lipinski definition) is 4. The third-order valence-electron chi connectivity index (χ3n) is 4.47. The van der Waals surface area contributed by atoms with Crippen molar-refractivity contribution in [3.63, 3.8) is 0 Å². The van der Waals surface area contributed by atoms with Crippen molar-refractivity contribution in [3.05, 3.63) is 99.5 Å². The van der Waals surface area contributed by atoms with E-state index in [1.54, 1.807) is 71.6 Å². The highest BCUT2D eigenvalue weighted by Crippen LogP contribution is 2.32. The fourth-order valence-corrected chi connectivity index (χ4v) is 3.51. The van der Waals surface area contributed by atoms with Crippen LogP contribution in [0, 0.1) is 0 Å². The Labute approximate surface area is 177 Å². The topological polar surface area (TPSA) is 59.0 Å². The van der Waals surface area contributed by atoms with Gasteiger partial charge in [-0.2, -0.15) is 0 Å². The third kappa shape index (κ3) is 3.88. The van der Waals surface area contributed by atoms with Crippen molar-refractivity contribution in [2.45, 2.75) is 6.54 Å². The largest absolute Gasteiger partial charge is 0.365 e. The Kier molecular flexibility index (Phi) is 5.34. The van der Waals surface area contributed by atoms with Gasteiger partial charge in [-0.15, -0.1) is 0 Å². The van der Waals surface area contributed by atoms with Gasteiger partial charge in [0.05, 0.1) is 17.8 Å². The Morgan fingerprint density at radius 3 is 2.45 bits per heavy atom. The molecule has 1 aliphatic rings. The third-order valence-corrected chi connectivity index (χ3v) is 5.06. The molecule has 1 heterocycles. The molecule has 0 aromatic heterocycles. The maximum Gasteiger partial charge on any atom is 0.365 e. The van der Waals surface area contributed by atoms with Crippen molar-refractivity contribution < 1.29 is 14.4 Å². The molecule has 0 bridgehead atoms. The second kappa shape index (κ2) is 8.07. The number of carbonyl (C=O) groups is 2. The van der Waals surface area contributed by atoms with Crippen molar-refractivity contribution in [2.75, 3.05) is 4.90 Å². The molecule has 1 amide bonds. The van der Waals surface area contributed by atoms with Crippen LogP contribution in [0.5, 0.6) is 0 Å². The zero-order chi connectivity index (χ0) is 20.4. The molecule has 0 saturated carbocycles. The van der Waals surface area contributed by atoms with E-state index in [0.29, 0.717) is 26.9 Å². The van der Waals surface area contributed by atoms with Crippen molar-refractivity contribution in [3.8, 4) is 0 Å². The molecular formula is C22H14Cl2N2O3. The summed E-state index contributed by atoms with van der Waals surface area (Å²) in [4.78, 5) is 31.8. The first-order valence-electron chi connectivity index (χ1n) is 8.74. The van der Waals surface area contributed by atoms with Crippen LogP contribution in [-0.2, 0) is 16.2 Å². The van der Waals surface area contributed by atoms with Crippen LogP contribution in [0.15, 0.2) is 78.0 Å². The quantitative estimate of drug-likeness (QED) is 0.432. The number of carbonyl (C=O) groups excluding carboxylic acids is 2. The molecule has 0 atom stereocenters. The molecule has 0 unspecified atom stereocenters. The lowest BCUT2D eigenvalue weighted by Gasteiger charge is -2.17. The number of halogens is 2. The van der Waals surface area contributed by atoms with E-state index in [9.17, 15) is 9.59 Å². The van der Waals surface area contributed by atoms with Gasteiger partial charge in [-0.05, 0) is 35.9 Å². The number of nitrogens with zero attached hydrogens (tertiary/aromatic N) is 2. The predicted molar refractivity (Wildman–Crippen MR) is 112 cm³/mol. The van der Waals surface area contributed by atoms with Gasteiger partial charge in [-0.1, -0.05) is 70.8 Å². The number of hydrogen-bond donors (Lipinski definition) is 0. The molecule has 4 rings (SSSR count). The average Bonchev–Trinajstić information content (AvgIpc) is 3.00. The number of fused-ring (bicyclic) bond motifs is 1. The Morgan fingerprint density at radius 2 is 1.69 bits per heavy atom. The van der Waals surface area contributed by atoms with E-state index in [-0.39, 0.29) is 18.2 Å². The van der Waals surface area contributed by atoms with Crippen molar-refractivity contribution >= 4 is 46.5 Å². The summed E-state index contributed by atoms with van der Waals surface area (Å²) in [5.74, 6) is -1.01. The maximum absolute atomic E-state index is 13.0. The second-order valence-corrected chi connectivity index (χ2v) is 7.17. The first kappa shape index (κ1) is 19.2. The summed E-state index contributed by atoms with van der Waals surface area (Å²) in [7, 11) is 0. The number of rotatable bonds is 4. The maximum atomic E-state index is 13.0. The molecule has 0 N–H and O–H groups in total. The molecule has 1 aliphatic heterocycles. The lowest BCUT2D eigenvalue weighted by Crippen LogP contribution is -2.30. The SMILES string of the molecule is O=C(O/N=C1/C(=O)N(Cc2ccc(Cl)cc2Cl)c2ccccc21)c1ccccc1. The van der Waals surface area contributed by atoms with E-state index >= 15 is 0 Å². The van der Waals surface area contributed by atoms with Crippen LogP contribution >= 0.6 is 23.2 Å². The Morgan fingerprint density at radius 1 is 0.966 bits per heavy atom. The summed E-state index contributed by atoms with van der Waals surface area (Å²) in [6.07, 6.45) is 0. The monoisotopic (exact) mass is 424 g/mol. The standard InChI is InChI=1S/C22H14Cl2N2O3/c23-16-11-10-15(18(24)12-16)13-26-19-9-5-4-8-17(19)20(21(26)27)25-29-22(28)14-6-2-1-3-7-14/h1-12H,13H2/b25-20+. The van der Waals surface area contributed by atoms with Gasteiger partial charge in [0.1, 0.15) is 0 Å². The number of para-hydroxylation sites is 1. The van der Waals surface area contributed by atoms with Crippen LogP contribution in [0.3, 0.4) is 0 Å². The van der Waals surface area contributed by atoms with E-state index in [1.807, 2.05) is 6.07 Å². The van der Waals surface area contributed by atoms with Crippen LogP contribution in [-0.4, -0.2) is 17.6 Å². The first-order chi connectivity index (χ1) is 14.0. The fraction of sp³-hybridized carbons (Fsp3) is 0.0455. The summed E-state index contributed by atoms with van der Waals surface area (Å²) in [5.41, 5.74) is 2.40. The zero-order valence-electron chi connectivity index (χ0n) is 15.0. The smallest absolute Gasteiger partial charge is 0.312 e. The Balaban J connectivity index is 1.63. The fourth-order valence-electron chi connectivity index (χ4n) is 3.04. The Hall–Kier alpha value is -3.15. The predicted octanol–water partition coefficient (Wildman–Crippen LogP) is 5.10. The normalized spacial score (nSPS) is 14.2. The summed E-state index contributed by atoms with van der Waals surface area (Å²) in [6.45, 7) is 0.234. The highest BCUT2D eigenvalue weighted by atomic mass is 35.5. The molecule has 5 nitrogen and oxygen atoms in total. The summed E-state index contributed by atoms with van der Waals surface area (Å²) < 4.78 is 0. The van der Waals surface area contributed by atoms with Gasteiger partial charge in [0.2, 0.25) is 0 Å². The van der Waals surface area contributed by atoms with Gasteiger partial charge in [-0.3, -0.25) is 4.79 Å². The molecule has 0 fully saturated rings. The van der Waals surface area contributed by atoms with Crippen LogP contribution in [0.1, 0.15) is 21.5 Å². The average molecular weight is 425 g/mol. The van der Waals surface area contributed by atoms with Crippen LogP contribution in [0.4, 0.5) is 5.69 Å². The molecule has 0 aliphatic carbocycles. The summed E-state index contributed by atoms with van der Waals surface area (Å²) in [5, 5.41) is 4.85. The molecule has 144 valence electrons. The van der Waals surface area contributed by atoms with E-state index in [0.717, 1.165) is 5.56 Å². The molecule has 0 radical (unpaired) electrons. The minimum Gasteiger partial charge on any atom is -0.312 e. The number of anilines is 1. The summed E-state index contributed by atoms with van der Waals surface area (Å²) >= 11 is 12.2. The van der Waals surface area contributed by atoms with Gasteiger partial charge in [0.15, 0.2) is 5.71 Å². The Bertz CT molecular complexity index is 1130. The molecule has 0 saturated heterocycles. The van der Waals surface area contributed by atoms with Crippen LogP contribution in [0.2, 0.25) is 10.0 Å². The minimum atomic E-state index is -0.637. The number of amides is 1. The molecule has 0 spiro atoms. The molecule has 29 heavy (non-hydrogen) atoms. The van der Waals surface area contributed by atoms with Gasteiger partial charge >= 0.3 is 5.97 Å². The van der Waals surface area contributed by atoms with Crippen LogP contribution in [0.25, 0.3) is 0 Å². The molecule has 7 heteroatoms. The van der Waals surface area contributed by atoms with E-state index < -0.39 is 5.97 Å². The van der Waals surface area contributed by atoms with Gasteiger partial charge in [0.25, 0.3) is 5.91 Å². The zero-order valence-corrected chi connectivity index (χ0v) is 16.5. The van der Waals surface area contributed by atoms with Crippen molar-refractivity contribution in [1.29, 1.82) is 0 Å². The van der Waals surface area contributed by atoms with Crippen molar-refractivity contribution in [2.24, 2.45) is 5.16 Å². The highest BCUT2D eigenvalue weighted by Gasteiger charge is 2.35. The number of benzene rings is 3. The van der Waals surface area contributed by atoms with Gasteiger partial charge < -0.3 is 9.74 Å². The van der Waals surface area contributed by atoms with Crippen LogP contribution < -0.4 is 4.90 Å². The molecular weight excluding hydrogens is 411 g/mol. The lowest BCUT2D eigenvalue weighted by atomic mass is 10.1. The summed E-state index contributed by atoms with van der Waals surface area (Å²) in [6, 6.07) is 20.7. The minimum absolute atomic E-state index is 0.0648. The highest BCUT2D eigenvalue weighted by molar-refractivity contribution is 6.54. The van der Waals surface area contributed by atoms with E-state index in [2.05, 4.69) is 5.16 Å². The lowest BCUT2D eigenvalue weighted by molar-refractivity contribution is -0.112. The van der Waals surface area contributed by atoms with Gasteiger partial charge in [0, 0.05) is 15.6 Å². The van der Waals surface area contributed by atoms with E-state index in [1.165, 1.54) is 0 Å². The molecule has 3 aromatic rings. The first-order valence-corrected chi connectivity index (χ1v) is 9.50. The van der Waals surface area contributed by atoms with Gasteiger partial charge in [-0.25, -0.2) is 4.79 Å². The molecule has 3 aromatic carbocycles.